The number of carbonyl (C=O) groups excluding carboxylic acids is 1. The smallest absolute Gasteiger partial charge is 0.243 e. The number of amides is 1. The van der Waals surface area contributed by atoms with Crippen molar-refractivity contribution < 1.29 is 22.5 Å². The summed E-state index contributed by atoms with van der Waals surface area (Å²) in [5, 5.41) is 0. The topological polar surface area (TPSA) is 62.1 Å². The van der Waals surface area contributed by atoms with Gasteiger partial charge < -0.3 is 9.80 Å². The molecule has 1 aliphatic rings. The zero-order chi connectivity index (χ0) is 16.3. The van der Waals surface area contributed by atoms with Crippen LogP contribution in [0.1, 0.15) is 0 Å². The van der Waals surface area contributed by atoms with Crippen molar-refractivity contribution >= 4 is 15.9 Å². The summed E-state index contributed by atoms with van der Waals surface area (Å²) in [6.07, 6.45) is 0. The van der Waals surface area contributed by atoms with Gasteiger partial charge in [0.15, 0.2) is 0 Å². The van der Waals surface area contributed by atoms with Crippen molar-refractivity contribution in [3.05, 3.63) is 30.1 Å². The second-order valence-electron chi connectivity index (χ2n) is 5.55. The van der Waals surface area contributed by atoms with E-state index in [1.165, 1.54) is 24.1 Å². The van der Waals surface area contributed by atoms with Gasteiger partial charge in [-0.25, -0.2) is 12.8 Å². The Hall–Kier alpha value is -1.51. The number of quaternary nitrogens is 1. The average Bonchev–Trinajstić information content (AvgIpc) is 2.48. The number of nitrogens with one attached hydrogen (secondary N) is 1. The molecule has 1 aromatic rings. The van der Waals surface area contributed by atoms with Crippen molar-refractivity contribution in [2.24, 2.45) is 0 Å². The highest BCUT2D eigenvalue weighted by Gasteiger charge is 2.27. The normalized spacial score (nSPS) is 17.0. The molecule has 2 rings (SSSR count). The van der Waals surface area contributed by atoms with Gasteiger partial charge in [-0.3, -0.25) is 4.79 Å². The number of rotatable bonds is 4. The maximum absolute atomic E-state index is 12.9. The Balaban J connectivity index is 2.03. The molecular formula is C14H21FN3O3S+. The number of nitrogens with zero attached hydrogens (tertiary/aromatic N) is 2. The molecule has 1 N–H and O–H groups in total. The predicted octanol–water partition coefficient (Wildman–Crippen LogP) is -1.20. The van der Waals surface area contributed by atoms with Crippen LogP contribution in [0.15, 0.2) is 29.2 Å². The number of hydrogen-bond donors (Lipinski definition) is 1. The molecule has 122 valence electrons. The van der Waals surface area contributed by atoms with Crippen LogP contribution in [0.4, 0.5) is 4.39 Å². The van der Waals surface area contributed by atoms with Crippen LogP contribution in [-0.4, -0.2) is 70.3 Å². The van der Waals surface area contributed by atoms with Gasteiger partial charge in [0, 0.05) is 7.05 Å². The Labute approximate surface area is 130 Å². The summed E-state index contributed by atoms with van der Waals surface area (Å²) in [4.78, 5) is 15.2. The molecule has 0 atom stereocenters. The summed E-state index contributed by atoms with van der Waals surface area (Å²) in [6.45, 7) is 2.78. The highest BCUT2D eigenvalue weighted by atomic mass is 32.2. The van der Waals surface area contributed by atoms with Crippen molar-refractivity contribution in [1.82, 2.24) is 9.21 Å². The SMILES string of the molecule is CN(CC(=O)N1CC[NH+](C)CC1)S(=O)(=O)c1ccc(F)cc1. The molecule has 1 aromatic carbocycles. The molecule has 0 aromatic heterocycles. The van der Waals surface area contributed by atoms with Gasteiger partial charge in [-0.15, -0.1) is 0 Å². The zero-order valence-corrected chi connectivity index (χ0v) is 13.6. The van der Waals surface area contributed by atoms with Crippen LogP contribution in [0, 0.1) is 5.82 Å². The van der Waals surface area contributed by atoms with E-state index in [4.69, 9.17) is 0 Å². The Morgan fingerprint density at radius 1 is 1.27 bits per heavy atom. The van der Waals surface area contributed by atoms with Gasteiger partial charge in [0.2, 0.25) is 15.9 Å². The molecule has 0 unspecified atom stereocenters. The van der Waals surface area contributed by atoms with Gasteiger partial charge >= 0.3 is 0 Å². The van der Waals surface area contributed by atoms with Gasteiger partial charge in [0.25, 0.3) is 0 Å². The molecule has 8 heteroatoms. The van der Waals surface area contributed by atoms with Crippen LogP contribution in [0.2, 0.25) is 0 Å². The van der Waals surface area contributed by atoms with Gasteiger partial charge in [-0.1, -0.05) is 0 Å². The fourth-order valence-electron chi connectivity index (χ4n) is 2.30. The Bertz CT molecular complexity index is 625. The van der Waals surface area contributed by atoms with E-state index in [1.807, 2.05) is 0 Å². The van der Waals surface area contributed by atoms with E-state index in [-0.39, 0.29) is 17.3 Å². The minimum Gasteiger partial charge on any atom is -0.334 e. The lowest BCUT2D eigenvalue weighted by Gasteiger charge is -2.31. The largest absolute Gasteiger partial charge is 0.334 e. The molecule has 0 aliphatic carbocycles. The number of likely N-dealkylation sites (N-methyl/N-ethyl adjacent to an activating group) is 2. The van der Waals surface area contributed by atoms with E-state index in [9.17, 15) is 17.6 Å². The van der Waals surface area contributed by atoms with Crippen LogP contribution in [0.5, 0.6) is 0 Å². The number of carbonyl (C=O) groups is 1. The van der Waals surface area contributed by atoms with E-state index in [2.05, 4.69) is 7.05 Å². The molecule has 6 nitrogen and oxygen atoms in total. The van der Waals surface area contributed by atoms with Crippen molar-refractivity contribution in [2.75, 3.05) is 46.8 Å². The fourth-order valence-corrected chi connectivity index (χ4v) is 3.42. The first kappa shape index (κ1) is 16.9. The number of hydrogen-bond acceptors (Lipinski definition) is 3. The molecule has 1 heterocycles. The molecule has 1 saturated heterocycles. The molecule has 0 saturated carbocycles. The standard InChI is InChI=1S/C14H20FN3O3S/c1-16-7-9-18(10-8-16)14(19)11-17(2)22(20,21)13-5-3-12(15)4-6-13/h3-6H,7-11H2,1-2H3/p+1. The Kier molecular flexibility index (Phi) is 5.15. The molecular weight excluding hydrogens is 309 g/mol. The molecule has 1 aliphatic heterocycles. The van der Waals surface area contributed by atoms with Crippen LogP contribution in [0.25, 0.3) is 0 Å². The van der Waals surface area contributed by atoms with Gasteiger partial charge in [-0.2, -0.15) is 4.31 Å². The first-order chi connectivity index (χ1) is 10.3. The number of piperazine rings is 1. The summed E-state index contributed by atoms with van der Waals surface area (Å²) in [6, 6.07) is 4.58. The third-order valence-electron chi connectivity index (χ3n) is 3.85. The summed E-state index contributed by atoms with van der Waals surface area (Å²) < 4.78 is 38.6. The molecule has 1 amide bonds. The average molecular weight is 330 g/mol. The van der Waals surface area contributed by atoms with Crippen LogP contribution < -0.4 is 4.90 Å². The summed E-state index contributed by atoms with van der Waals surface area (Å²) in [7, 11) is -0.365. The summed E-state index contributed by atoms with van der Waals surface area (Å²) >= 11 is 0. The Morgan fingerprint density at radius 3 is 2.36 bits per heavy atom. The van der Waals surface area contributed by atoms with Gasteiger partial charge in [-0.05, 0) is 24.3 Å². The summed E-state index contributed by atoms with van der Waals surface area (Å²) in [5.74, 6) is -0.710. The molecule has 0 spiro atoms. The van der Waals surface area contributed by atoms with E-state index in [1.54, 1.807) is 4.90 Å². The third-order valence-corrected chi connectivity index (χ3v) is 5.67. The zero-order valence-electron chi connectivity index (χ0n) is 12.8. The van der Waals surface area contributed by atoms with Crippen LogP contribution >= 0.6 is 0 Å². The summed E-state index contributed by atoms with van der Waals surface area (Å²) in [5.41, 5.74) is 0. The van der Waals surface area contributed by atoms with Crippen molar-refractivity contribution in [3.8, 4) is 0 Å². The molecule has 0 radical (unpaired) electrons. The first-order valence-corrected chi connectivity index (χ1v) is 8.55. The quantitative estimate of drug-likeness (QED) is 0.755. The minimum atomic E-state index is -3.79. The second kappa shape index (κ2) is 6.72. The number of benzene rings is 1. The first-order valence-electron chi connectivity index (χ1n) is 7.11. The van der Waals surface area contributed by atoms with E-state index in [0.29, 0.717) is 13.1 Å². The lowest BCUT2D eigenvalue weighted by atomic mass is 10.3. The van der Waals surface area contributed by atoms with E-state index >= 15 is 0 Å². The lowest BCUT2D eigenvalue weighted by Crippen LogP contribution is -3.12. The van der Waals surface area contributed by atoms with Crippen LogP contribution in [-0.2, 0) is 14.8 Å². The highest BCUT2D eigenvalue weighted by Crippen LogP contribution is 2.14. The maximum atomic E-state index is 12.9. The molecule has 22 heavy (non-hydrogen) atoms. The highest BCUT2D eigenvalue weighted by molar-refractivity contribution is 7.89. The second-order valence-corrected chi connectivity index (χ2v) is 7.60. The Morgan fingerprint density at radius 2 is 1.82 bits per heavy atom. The lowest BCUT2D eigenvalue weighted by molar-refractivity contribution is -0.883. The molecule has 0 bridgehead atoms. The monoisotopic (exact) mass is 330 g/mol. The van der Waals surface area contributed by atoms with Gasteiger partial charge in [0.05, 0.1) is 44.7 Å². The number of halogens is 1. The van der Waals surface area contributed by atoms with Crippen molar-refractivity contribution in [1.29, 1.82) is 0 Å². The van der Waals surface area contributed by atoms with Gasteiger partial charge in [0.1, 0.15) is 5.82 Å². The fraction of sp³-hybridized carbons (Fsp3) is 0.500. The van der Waals surface area contributed by atoms with Crippen molar-refractivity contribution in [2.45, 2.75) is 4.90 Å². The van der Waals surface area contributed by atoms with E-state index < -0.39 is 15.8 Å². The van der Waals surface area contributed by atoms with Crippen LogP contribution in [0.3, 0.4) is 0 Å². The van der Waals surface area contributed by atoms with E-state index in [0.717, 1.165) is 29.5 Å². The maximum Gasteiger partial charge on any atom is 0.243 e. The number of sulfonamides is 1. The molecule has 1 fully saturated rings. The van der Waals surface area contributed by atoms with Crippen molar-refractivity contribution in [3.63, 3.8) is 0 Å². The third kappa shape index (κ3) is 3.82. The predicted molar refractivity (Wildman–Crippen MR) is 79.4 cm³/mol. The minimum absolute atomic E-state index is 0.0213.